The average Bonchev–Trinajstić information content (AvgIpc) is 3.03. The molecule has 0 saturated carbocycles. The summed E-state index contributed by atoms with van der Waals surface area (Å²) in [6.45, 7) is 1.72. The molecule has 0 bridgehead atoms. The van der Waals surface area contributed by atoms with Crippen molar-refractivity contribution in [1.29, 1.82) is 0 Å². The van der Waals surface area contributed by atoms with Gasteiger partial charge >= 0.3 is 0 Å². The molecular weight excluding hydrogens is 357 g/mol. The number of nitrogens with zero attached hydrogens (tertiary/aromatic N) is 2. The van der Waals surface area contributed by atoms with E-state index in [0.717, 1.165) is 35.9 Å². The molecule has 0 unspecified atom stereocenters. The van der Waals surface area contributed by atoms with Crippen LogP contribution in [0.2, 0.25) is 0 Å². The smallest absolute Gasteiger partial charge is 0.141 e. The van der Waals surface area contributed by atoms with Gasteiger partial charge in [0.15, 0.2) is 0 Å². The molecule has 1 N–H and O–H groups in total. The first-order chi connectivity index (χ1) is 11.3. The lowest BCUT2D eigenvalue weighted by molar-refractivity contribution is 0.315. The van der Waals surface area contributed by atoms with Crippen LogP contribution in [0.1, 0.15) is 11.3 Å². The Labute approximate surface area is 161 Å². The molecule has 0 spiro atoms. The van der Waals surface area contributed by atoms with Crippen LogP contribution < -0.4 is 4.74 Å². The molecule has 0 atom stereocenters. The third kappa shape index (κ3) is 5.49. The van der Waals surface area contributed by atoms with Crippen molar-refractivity contribution in [3.8, 4) is 17.1 Å². The van der Waals surface area contributed by atoms with Crippen molar-refractivity contribution in [2.45, 2.75) is 13.1 Å². The molecule has 3 rings (SSSR count). The molecule has 2 aromatic carbocycles. The zero-order valence-electron chi connectivity index (χ0n) is 14.3. The zero-order valence-corrected chi connectivity index (χ0v) is 15.9. The van der Waals surface area contributed by atoms with E-state index < -0.39 is 0 Å². The van der Waals surface area contributed by atoms with E-state index >= 15 is 0 Å². The van der Waals surface area contributed by atoms with Crippen LogP contribution >= 0.6 is 24.8 Å². The van der Waals surface area contributed by atoms with E-state index in [2.05, 4.69) is 46.2 Å². The third-order valence-corrected chi connectivity index (χ3v) is 3.73. The molecule has 3 aromatic rings. The number of ether oxygens (including phenoxy) is 1. The van der Waals surface area contributed by atoms with Gasteiger partial charge in [-0.2, -0.15) is 0 Å². The fourth-order valence-electron chi connectivity index (χ4n) is 2.66. The van der Waals surface area contributed by atoms with E-state index in [1.54, 1.807) is 7.11 Å². The molecule has 25 heavy (non-hydrogen) atoms. The number of H-pyrrole nitrogens is 1. The van der Waals surface area contributed by atoms with Gasteiger partial charge in [0.25, 0.3) is 0 Å². The molecular formula is C19H23Cl2N3O. The first-order valence-electron chi connectivity index (χ1n) is 7.66. The number of hydrogen-bond donors (Lipinski definition) is 1. The van der Waals surface area contributed by atoms with Crippen molar-refractivity contribution in [1.82, 2.24) is 14.9 Å². The molecule has 1 heterocycles. The SMILES string of the molecule is COc1ccccc1-c1ncc(CN(C)Cc2ccccc2)[nH]1.Cl.Cl. The van der Waals surface area contributed by atoms with E-state index in [1.807, 2.05) is 36.5 Å². The van der Waals surface area contributed by atoms with Crippen LogP contribution in [0.5, 0.6) is 5.75 Å². The summed E-state index contributed by atoms with van der Waals surface area (Å²) >= 11 is 0. The summed E-state index contributed by atoms with van der Waals surface area (Å²) in [5, 5.41) is 0. The number of halogens is 2. The third-order valence-electron chi connectivity index (χ3n) is 3.73. The van der Waals surface area contributed by atoms with Crippen LogP contribution in [0.3, 0.4) is 0 Å². The van der Waals surface area contributed by atoms with Crippen LogP contribution in [0.4, 0.5) is 0 Å². The largest absolute Gasteiger partial charge is 0.496 e. The minimum absolute atomic E-state index is 0. The summed E-state index contributed by atoms with van der Waals surface area (Å²) in [6, 6.07) is 18.4. The summed E-state index contributed by atoms with van der Waals surface area (Å²) in [7, 11) is 3.78. The number of aromatic nitrogens is 2. The number of nitrogens with one attached hydrogen (secondary N) is 1. The summed E-state index contributed by atoms with van der Waals surface area (Å²) in [5.74, 6) is 1.66. The number of para-hydroxylation sites is 1. The minimum atomic E-state index is 0. The molecule has 1 aromatic heterocycles. The molecule has 0 aliphatic heterocycles. The zero-order chi connectivity index (χ0) is 16.1. The first-order valence-corrected chi connectivity index (χ1v) is 7.66. The monoisotopic (exact) mass is 379 g/mol. The second-order valence-corrected chi connectivity index (χ2v) is 5.62. The highest BCUT2D eigenvalue weighted by atomic mass is 35.5. The van der Waals surface area contributed by atoms with Crippen molar-refractivity contribution < 1.29 is 4.74 Å². The van der Waals surface area contributed by atoms with Gasteiger partial charge in [-0.15, -0.1) is 24.8 Å². The Morgan fingerprint density at radius 1 is 0.960 bits per heavy atom. The van der Waals surface area contributed by atoms with Gasteiger partial charge in [0.2, 0.25) is 0 Å². The number of imidazole rings is 1. The number of methoxy groups -OCH3 is 1. The Morgan fingerprint density at radius 3 is 2.36 bits per heavy atom. The maximum Gasteiger partial charge on any atom is 0.141 e. The van der Waals surface area contributed by atoms with Gasteiger partial charge in [-0.3, -0.25) is 4.90 Å². The summed E-state index contributed by atoms with van der Waals surface area (Å²) in [4.78, 5) is 10.1. The molecule has 0 radical (unpaired) electrons. The maximum absolute atomic E-state index is 5.40. The Hall–Kier alpha value is -2.01. The maximum atomic E-state index is 5.40. The Kier molecular flexibility index (Phi) is 8.49. The molecule has 4 nitrogen and oxygen atoms in total. The van der Waals surface area contributed by atoms with Crippen molar-refractivity contribution in [2.24, 2.45) is 0 Å². The summed E-state index contributed by atoms with van der Waals surface area (Å²) < 4.78 is 5.40. The molecule has 0 amide bonds. The van der Waals surface area contributed by atoms with Gasteiger partial charge in [0.05, 0.1) is 12.7 Å². The Balaban J connectivity index is 0.00000156. The molecule has 0 aliphatic carbocycles. The fraction of sp³-hybridized carbons (Fsp3) is 0.211. The first kappa shape index (κ1) is 21.0. The highest BCUT2D eigenvalue weighted by Gasteiger charge is 2.10. The lowest BCUT2D eigenvalue weighted by Crippen LogP contribution is -2.17. The van der Waals surface area contributed by atoms with Crippen molar-refractivity contribution in [3.63, 3.8) is 0 Å². The Bertz CT molecular complexity index is 762. The van der Waals surface area contributed by atoms with Crippen LogP contribution in [-0.2, 0) is 13.1 Å². The highest BCUT2D eigenvalue weighted by Crippen LogP contribution is 2.27. The normalized spacial score (nSPS) is 10.0. The summed E-state index contributed by atoms with van der Waals surface area (Å²) in [6.07, 6.45) is 1.89. The van der Waals surface area contributed by atoms with Gasteiger partial charge in [0.1, 0.15) is 11.6 Å². The molecule has 6 heteroatoms. The average molecular weight is 380 g/mol. The lowest BCUT2D eigenvalue weighted by Gasteiger charge is -2.15. The van der Waals surface area contributed by atoms with Crippen molar-refractivity contribution in [3.05, 3.63) is 72.1 Å². The van der Waals surface area contributed by atoms with E-state index in [-0.39, 0.29) is 24.8 Å². The number of aromatic amines is 1. The number of rotatable bonds is 6. The van der Waals surface area contributed by atoms with Gasteiger partial charge < -0.3 is 9.72 Å². The van der Waals surface area contributed by atoms with Crippen LogP contribution in [0.25, 0.3) is 11.4 Å². The number of benzene rings is 2. The number of hydrogen-bond acceptors (Lipinski definition) is 3. The van der Waals surface area contributed by atoms with Crippen molar-refractivity contribution in [2.75, 3.05) is 14.2 Å². The molecule has 0 aliphatic rings. The second kappa shape index (κ2) is 10.1. The second-order valence-electron chi connectivity index (χ2n) is 5.62. The van der Waals surface area contributed by atoms with Gasteiger partial charge in [-0.1, -0.05) is 42.5 Å². The van der Waals surface area contributed by atoms with Gasteiger partial charge in [0, 0.05) is 25.0 Å². The fourth-order valence-corrected chi connectivity index (χ4v) is 2.66. The quantitative estimate of drug-likeness (QED) is 0.682. The predicted octanol–water partition coefficient (Wildman–Crippen LogP) is 4.56. The predicted molar refractivity (Wildman–Crippen MR) is 107 cm³/mol. The van der Waals surface area contributed by atoms with Crippen LogP contribution in [0.15, 0.2) is 60.8 Å². The van der Waals surface area contributed by atoms with E-state index in [0.29, 0.717) is 0 Å². The minimum Gasteiger partial charge on any atom is -0.496 e. The van der Waals surface area contributed by atoms with Crippen LogP contribution in [0, 0.1) is 0 Å². The molecule has 134 valence electrons. The van der Waals surface area contributed by atoms with Crippen molar-refractivity contribution >= 4 is 24.8 Å². The highest BCUT2D eigenvalue weighted by molar-refractivity contribution is 5.85. The lowest BCUT2D eigenvalue weighted by atomic mass is 10.2. The van der Waals surface area contributed by atoms with Gasteiger partial charge in [-0.25, -0.2) is 4.98 Å². The van der Waals surface area contributed by atoms with Gasteiger partial charge in [-0.05, 0) is 24.7 Å². The topological polar surface area (TPSA) is 41.1 Å². The van der Waals surface area contributed by atoms with Crippen LogP contribution in [-0.4, -0.2) is 29.0 Å². The standard InChI is InChI=1S/C19H21N3O.2ClH/c1-22(13-15-8-4-3-5-9-15)14-16-12-20-19(21-16)17-10-6-7-11-18(17)23-2;;/h3-12H,13-14H2,1-2H3,(H,20,21);2*1H. The van der Waals surface area contributed by atoms with E-state index in [9.17, 15) is 0 Å². The molecule has 0 saturated heterocycles. The summed E-state index contributed by atoms with van der Waals surface area (Å²) in [5.41, 5.74) is 3.37. The Morgan fingerprint density at radius 2 is 1.64 bits per heavy atom. The molecule has 0 fully saturated rings. The van der Waals surface area contributed by atoms with E-state index in [1.165, 1.54) is 5.56 Å². The van der Waals surface area contributed by atoms with E-state index in [4.69, 9.17) is 4.74 Å².